The third kappa shape index (κ3) is 5.40. The zero-order chi connectivity index (χ0) is 25.0. The standard InChI is InChI=1S/C24H20F3N5O3/c25-24(26,27)17-8-6-16(7-9-17)20-14-19(23(33)29-10-3-12-31-13-11-28-15-31)22(30-20)18-4-1-2-5-21(18)32(34)35/h1-2,4-9,11,13-15,30H,3,10,12H2,(H,29,33). The number of nitro groups is 1. The van der Waals surface area contributed by atoms with E-state index in [1.807, 2.05) is 4.57 Å². The van der Waals surface area contributed by atoms with Crippen molar-refractivity contribution in [2.45, 2.75) is 19.1 Å². The minimum atomic E-state index is -4.48. The topological polar surface area (TPSA) is 106 Å². The van der Waals surface area contributed by atoms with Crippen LogP contribution in [0.5, 0.6) is 0 Å². The first-order chi connectivity index (χ1) is 16.7. The number of rotatable bonds is 8. The molecule has 0 saturated heterocycles. The van der Waals surface area contributed by atoms with E-state index in [1.165, 1.54) is 36.4 Å². The molecule has 0 fully saturated rings. The van der Waals surface area contributed by atoms with Crippen LogP contribution in [-0.4, -0.2) is 31.9 Å². The van der Waals surface area contributed by atoms with Crippen molar-refractivity contribution in [2.24, 2.45) is 0 Å². The summed E-state index contributed by atoms with van der Waals surface area (Å²) in [6, 6.07) is 11.9. The number of nitrogens with zero attached hydrogens (tertiary/aromatic N) is 3. The number of H-pyrrole nitrogens is 1. The van der Waals surface area contributed by atoms with Crippen LogP contribution >= 0.6 is 0 Å². The average molecular weight is 483 g/mol. The number of carbonyl (C=O) groups excluding carboxylic acids is 1. The zero-order valence-electron chi connectivity index (χ0n) is 18.2. The quantitative estimate of drug-likeness (QED) is 0.202. The molecule has 0 spiro atoms. The number of halogens is 3. The monoisotopic (exact) mass is 483 g/mol. The highest BCUT2D eigenvalue weighted by Gasteiger charge is 2.30. The molecule has 0 unspecified atom stereocenters. The largest absolute Gasteiger partial charge is 0.416 e. The Morgan fingerprint density at radius 3 is 2.54 bits per heavy atom. The number of alkyl halides is 3. The molecule has 2 aromatic heterocycles. The maximum absolute atomic E-state index is 13.0. The van der Waals surface area contributed by atoms with E-state index in [0.717, 1.165) is 12.1 Å². The number of aryl methyl sites for hydroxylation is 1. The van der Waals surface area contributed by atoms with Crippen molar-refractivity contribution in [3.05, 3.63) is 94.6 Å². The Bertz CT molecular complexity index is 1330. The van der Waals surface area contributed by atoms with Crippen molar-refractivity contribution >= 4 is 11.6 Å². The maximum Gasteiger partial charge on any atom is 0.416 e. The number of aromatic amines is 1. The highest BCUT2D eigenvalue weighted by Crippen LogP contribution is 2.35. The van der Waals surface area contributed by atoms with Gasteiger partial charge >= 0.3 is 6.18 Å². The zero-order valence-corrected chi connectivity index (χ0v) is 18.2. The lowest BCUT2D eigenvalue weighted by Gasteiger charge is -2.07. The first kappa shape index (κ1) is 23.7. The Hall–Kier alpha value is -4.41. The van der Waals surface area contributed by atoms with Crippen LogP contribution in [0.1, 0.15) is 22.3 Å². The van der Waals surface area contributed by atoms with Crippen molar-refractivity contribution < 1.29 is 22.9 Å². The molecule has 180 valence electrons. The van der Waals surface area contributed by atoms with Crippen molar-refractivity contribution in [1.29, 1.82) is 0 Å². The number of amides is 1. The summed E-state index contributed by atoms with van der Waals surface area (Å²) >= 11 is 0. The second-order valence-electron chi connectivity index (χ2n) is 7.73. The lowest BCUT2D eigenvalue weighted by atomic mass is 10.0. The number of nitrogens with one attached hydrogen (secondary N) is 2. The molecular weight excluding hydrogens is 463 g/mol. The summed E-state index contributed by atoms with van der Waals surface area (Å²) < 4.78 is 40.7. The number of benzene rings is 2. The van der Waals surface area contributed by atoms with Gasteiger partial charge in [0.15, 0.2) is 0 Å². The van der Waals surface area contributed by atoms with Gasteiger partial charge in [0.1, 0.15) is 0 Å². The number of carbonyl (C=O) groups is 1. The molecule has 8 nitrogen and oxygen atoms in total. The smallest absolute Gasteiger partial charge is 0.354 e. The summed E-state index contributed by atoms with van der Waals surface area (Å²) in [5, 5.41) is 14.4. The molecule has 35 heavy (non-hydrogen) atoms. The summed E-state index contributed by atoms with van der Waals surface area (Å²) in [6.45, 7) is 0.982. The number of aromatic nitrogens is 3. The van der Waals surface area contributed by atoms with Gasteiger partial charge in [0.25, 0.3) is 11.6 Å². The highest BCUT2D eigenvalue weighted by atomic mass is 19.4. The molecule has 1 amide bonds. The molecule has 0 aliphatic rings. The Kier molecular flexibility index (Phi) is 6.67. The second kappa shape index (κ2) is 9.84. The SMILES string of the molecule is O=C(NCCCn1ccnc1)c1cc(-c2ccc(C(F)(F)F)cc2)[nH]c1-c1ccccc1[N+](=O)[O-]. The second-order valence-corrected chi connectivity index (χ2v) is 7.73. The summed E-state index contributed by atoms with van der Waals surface area (Å²) in [7, 11) is 0. The predicted molar refractivity (Wildman–Crippen MR) is 122 cm³/mol. The minimum Gasteiger partial charge on any atom is -0.354 e. The molecule has 0 aliphatic carbocycles. The lowest BCUT2D eigenvalue weighted by Crippen LogP contribution is -2.25. The molecular formula is C24H20F3N5O3. The van der Waals surface area contributed by atoms with Gasteiger partial charge < -0.3 is 14.9 Å². The van der Waals surface area contributed by atoms with E-state index in [4.69, 9.17) is 0 Å². The van der Waals surface area contributed by atoms with E-state index >= 15 is 0 Å². The van der Waals surface area contributed by atoms with Gasteiger partial charge in [-0.2, -0.15) is 13.2 Å². The van der Waals surface area contributed by atoms with E-state index in [-0.39, 0.29) is 22.5 Å². The van der Waals surface area contributed by atoms with Crippen LogP contribution in [0.4, 0.5) is 18.9 Å². The summed E-state index contributed by atoms with van der Waals surface area (Å²) in [6.07, 6.45) is 1.26. The van der Waals surface area contributed by atoms with Gasteiger partial charge in [0.05, 0.1) is 33.6 Å². The number of hydrogen-bond donors (Lipinski definition) is 2. The Labute approximate surface area is 197 Å². The Morgan fingerprint density at radius 1 is 1.14 bits per heavy atom. The minimum absolute atomic E-state index is 0.150. The molecule has 0 aliphatic heterocycles. The lowest BCUT2D eigenvalue weighted by molar-refractivity contribution is -0.384. The van der Waals surface area contributed by atoms with Gasteiger partial charge in [0.2, 0.25) is 0 Å². The fourth-order valence-electron chi connectivity index (χ4n) is 3.66. The van der Waals surface area contributed by atoms with Crippen molar-refractivity contribution in [2.75, 3.05) is 6.54 Å². The van der Waals surface area contributed by atoms with Crippen LogP contribution in [0.25, 0.3) is 22.5 Å². The van der Waals surface area contributed by atoms with Gasteiger partial charge in [0, 0.05) is 37.2 Å². The summed E-state index contributed by atoms with van der Waals surface area (Å²) in [5.41, 5.74) is 0.299. The third-order valence-electron chi connectivity index (χ3n) is 5.39. The number of para-hydroxylation sites is 1. The fraction of sp³-hybridized carbons (Fsp3) is 0.167. The van der Waals surface area contributed by atoms with Crippen LogP contribution in [0.15, 0.2) is 73.3 Å². The fourth-order valence-corrected chi connectivity index (χ4v) is 3.66. The molecule has 0 bridgehead atoms. The van der Waals surface area contributed by atoms with Crippen molar-refractivity contribution in [3.8, 4) is 22.5 Å². The van der Waals surface area contributed by atoms with Crippen LogP contribution in [0.3, 0.4) is 0 Å². The van der Waals surface area contributed by atoms with Gasteiger partial charge in [-0.1, -0.05) is 24.3 Å². The molecule has 0 atom stereocenters. The number of nitro benzene ring substituents is 1. The summed E-state index contributed by atoms with van der Waals surface area (Å²) in [4.78, 5) is 31.0. The normalized spacial score (nSPS) is 11.4. The van der Waals surface area contributed by atoms with Crippen LogP contribution in [0, 0.1) is 10.1 Å². The van der Waals surface area contributed by atoms with E-state index in [0.29, 0.717) is 30.8 Å². The van der Waals surface area contributed by atoms with Crippen LogP contribution in [-0.2, 0) is 12.7 Å². The molecule has 4 aromatic rings. The first-order valence-electron chi connectivity index (χ1n) is 10.6. The Balaban J connectivity index is 1.65. The van der Waals surface area contributed by atoms with E-state index in [9.17, 15) is 28.1 Å². The number of hydrogen-bond acceptors (Lipinski definition) is 4. The van der Waals surface area contributed by atoms with Crippen LogP contribution < -0.4 is 5.32 Å². The molecule has 0 radical (unpaired) electrons. The molecule has 2 aromatic carbocycles. The summed E-state index contributed by atoms with van der Waals surface area (Å²) in [5.74, 6) is -0.460. The predicted octanol–water partition coefficient (Wildman–Crippen LogP) is 5.29. The van der Waals surface area contributed by atoms with E-state index in [1.54, 1.807) is 24.8 Å². The van der Waals surface area contributed by atoms with E-state index < -0.39 is 22.6 Å². The molecule has 2 N–H and O–H groups in total. The van der Waals surface area contributed by atoms with Gasteiger partial charge in [-0.25, -0.2) is 4.98 Å². The highest BCUT2D eigenvalue weighted by molar-refractivity contribution is 6.02. The van der Waals surface area contributed by atoms with Gasteiger partial charge in [-0.05, 0) is 36.2 Å². The van der Waals surface area contributed by atoms with Crippen molar-refractivity contribution in [3.63, 3.8) is 0 Å². The molecule has 2 heterocycles. The third-order valence-corrected chi connectivity index (χ3v) is 5.39. The molecule has 0 saturated carbocycles. The molecule has 11 heteroatoms. The van der Waals surface area contributed by atoms with Crippen molar-refractivity contribution in [1.82, 2.24) is 19.9 Å². The van der Waals surface area contributed by atoms with Gasteiger partial charge in [-0.15, -0.1) is 0 Å². The van der Waals surface area contributed by atoms with E-state index in [2.05, 4.69) is 15.3 Å². The van der Waals surface area contributed by atoms with Gasteiger partial charge in [-0.3, -0.25) is 14.9 Å². The molecule has 4 rings (SSSR count). The Morgan fingerprint density at radius 2 is 1.89 bits per heavy atom. The van der Waals surface area contributed by atoms with Crippen LogP contribution in [0.2, 0.25) is 0 Å². The first-order valence-corrected chi connectivity index (χ1v) is 10.6. The number of imidazole rings is 1. The average Bonchev–Trinajstić information content (AvgIpc) is 3.51. The maximum atomic E-state index is 13.0.